The maximum atomic E-state index is 11.0. The van der Waals surface area contributed by atoms with Crippen molar-refractivity contribution < 1.29 is 4.92 Å². The topological polar surface area (TPSA) is 55.2 Å². The summed E-state index contributed by atoms with van der Waals surface area (Å²) < 4.78 is 0. The number of hydrogen-bond donors (Lipinski definition) is 1. The average Bonchev–Trinajstić information content (AvgIpc) is 2.42. The lowest BCUT2D eigenvalue weighted by Crippen LogP contribution is -2.26. The number of hydrogen-bond acceptors (Lipinski definition) is 3. The third kappa shape index (κ3) is 3.69. The minimum absolute atomic E-state index is 0.179. The second kappa shape index (κ2) is 6.55. The fourth-order valence-electron chi connectivity index (χ4n) is 2.98. The predicted molar refractivity (Wildman–Crippen MR) is 77.4 cm³/mol. The van der Waals surface area contributed by atoms with Crippen molar-refractivity contribution in [3.8, 4) is 0 Å². The van der Waals surface area contributed by atoms with Gasteiger partial charge >= 0.3 is 0 Å². The van der Waals surface area contributed by atoms with E-state index in [1.165, 1.54) is 25.7 Å². The largest absolute Gasteiger partial charge is 0.377 e. The molecule has 0 aliphatic heterocycles. The zero-order valence-corrected chi connectivity index (χ0v) is 11.5. The van der Waals surface area contributed by atoms with Crippen LogP contribution in [0.4, 0.5) is 11.4 Å². The van der Waals surface area contributed by atoms with E-state index in [0.29, 0.717) is 11.7 Å². The fraction of sp³-hybridized carbons (Fsp3) is 0.600. The van der Waals surface area contributed by atoms with Gasteiger partial charge in [-0.2, -0.15) is 0 Å². The molecule has 1 aliphatic rings. The molecule has 0 bridgehead atoms. The Balaban J connectivity index is 1.94. The van der Waals surface area contributed by atoms with Crippen LogP contribution in [0.25, 0.3) is 0 Å². The molecule has 1 aliphatic carbocycles. The minimum Gasteiger partial charge on any atom is -0.377 e. The number of anilines is 1. The molecule has 4 heteroatoms. The molecule has 1 aromatic rings. The Kier molecular flexibility index (Phi) is 4.77. The van der Waals surface area contributed by atoms with E-state index < -0.39 is 0 Å². The van der Waals surface area contributed by atoms with Crippen molar-refractivity contribution in [1.29, 1.82) is 0 Å². The highest BCUT2D eigenvalue weighted by molar-refractivity contribution is 5.61. The first-order valence-electron chi connectivity index (χ1n) is 7.20. The molecule has 0 aromatic heterocycles. The van der Waals surface area contributed by atoms with Crippen LogP contribution in [0.3, 0.4) is 0 Å². The molecular weight excluding hydrogens is 240 g/mol. The van der Waals surface area contributed by atoms with Crippen molar-refractivity contribution in [1.82, 2.24) is 0 Å². The summed E-state index contributed by atoms with van der Waals surface area (Å²) in [6.45, 7) is 2.23. The van der Waals surface area contributed by atoms with Gasteiger partial charge in [0.05, 0.1) is 4.92 Å². The van der Waals surface area contributed by atoms with Crippen LogP contribution in [0.5, 0.6) is 0 Å². The molecular formula is C15H22N2O2. The first-order valence-corrected chi connectivity index (χ1v) is 7.20. The van der Waals surface area contributed by atoms with E-state index in [9.17, 15) is 10.1 Å². The molecule has 1 aromatic carbocycles. The molecule has 2 rings (SSSR count). The molecule has 19 heavy (non-hydrogen) atoms. The van der Waals surface area contributed by atoms with E-state index in [0.717, 1.165) is 18.8 Å². The third-order valence-corrected chi connectivity index (χ3v) is 4.00. The lowest BCUT2D eigenvalue weighted by atomic mass is 9.83. The molecule has 0 spiro atoms. The summed E-state index contributed by atoms with van der Waals surface area (Å²) in [6, 6.07) is 7.30. The molecule has 104 valence electrons. The van der Waals surface area contributed by atoms with Gasteiger partial charge in [-0.25, -0.2) is 0 Å². The number of nitro groups is 1. The molecule has 1 N–H and O–H groups in total. The molecule has 0 saturated heterocycles. The Bertz CT molecular complexity index is 426. The second-order valence-corrected chi connectivity index (χ2v) is 5.42. The zero-order chi connectivity index (χ0) is 13.7. The molecule has 4 nitrogen and oxygen atoms in total. The van der Waals surface area contributed by atoms with Crippen molar-refractivity contribution in [2.45, 2.75) is 51.5 Å². The van der Waals surface area contributed by atoms with Gasteiger partial charge in [-0.15, -0.1) is 0 Å². The summed E-state index contributed by atoms with van der Waals surface area (Å²) in [5.74, 6) is 0.855. The lowest BCUT2D eigenvalue weighted by molar-refractivity contribution is -0.384. The van der Waals surface area contributed by atoms with Gasteiger partial charge in [0.25, 0.3) is 5.69 Å². The van der Waals surface area contributed by atoms with Gasteiger partial charge in [0.1, 0.15) is 5.69 Å². The zero-order valence-electron chi connectivity index (χ0n) is 11.5. The Morgan fingerprint density at radius 3 is 2.58 bits per heavy atom. The highest BCUT2D eigenvalue weighted by Crippen LogP contribution is 2.31. The molecule has 0 radical (unpaired) electrons. The number of rotatable bonds is 5. The fourth-order valence-corrected chi connectivity index (χ4v) is 2.98. The maximum Gasteiger partial charge on any atom is 0.292 e. The predicted octanol–water partition coefficient (Wildman–Crippen LogP) is 4.37. The van der Waals surface area contributed by atoms with Gasteiger partial charge in [0.2, 0.25) is 0 Å². The van der Waals surface area contributed by atoms with Gasteiger partial charge in [-0.05, 0) is 37.7 Å². The number of nitrogens with one attached hydrogen (secondary N) is 1. The third-order valence-electron chi connectivity index (χ3n) is 4.00. The van der Waals surface area contributed by atoms with E-state index in [1.807, 2.05) is 6.07 Å². The van der Waals surface area contributed by atoms with E-state index >= 15 is 0 Å². The van der Waals surface area contributed by atoms with Crippen LogP contribution in [0, 0.1) is 16.0 Å². The molecule has 0 atom stereocenters. The monoisotopic (exact) mass is 262 g/mol. The standard InChI is InChI=1S/C15H22N2O2/c1-2-5-12-8-10-13(11-9-12)16-14-6-3-4-7-15(14)17(18)19/h3-4,6-7,12-13,16H,2,5,8-11H2,1H3. The average molecular weight is 262 g/mol. The summed E-state index contributed by atoms with van der Waals surface area (Å²) in [5, 5.41) is 14.3. The van der Waals surface area contributed by atoms with Crippen LogP contribution in [0.2, 0.25) is 0 Å². The second-order valence-electron chi connectivity index (χ2n) is 5.42. The van der Waals surface area contributed by atoms with Gasteiger partial charge in [0.15, 0.2) is 0 Å². The number of benzene rings is 1. The van der Waals surface area contributed by atoms with E-state index in [4.69, 9.17) is 0 Å². The van der Waals surface area contributed by atoms with Crippen LogP contribution in [0.1, 0.15) is 45.4 Å². The number of nitrogens with zero attached hydrogens (tertiary/aromatic N) is 1. The van der Waals surface area contributed by atoms with Crippen molar-refractivity contribution in [3.05, 3.63) is 34.4 Å². The Morgan fingerprint density at radius 1 is 1.26 bits per heavy atom. The summed E-state index contributed by atoms with van der Waals surface area (Å²) in [5.41, 5.74) is 0.838. The van der Waals surface area contributed by atoms with Crippen LogP contribution in [-0.2, 0) is 0 Å². The highest BCUT2D eigenvalue weighted by Gasteiger charge is 2.22. The van der Waals surface area contributed by atoms with Crippen LogP contribution >= 0.6 is 0 Å². The van der Waals surface area contributed by atoms with E-state index in [1.54, 1.807) is 18.2 Å². The van der Waals surface area contributed by atoms with Crippen LogP contribution in [0.15, 0.2) is 24.3 Å². The molecule has 0 unspecified atom stereocenters. The van der Waals surface area contributed by atoms with Gasteiger partial charge in [-0.1, -0.05) is 31.9 Å². The quantitative estimate of drug-likeness (QED) is 0.633. The van der Waals surface area contributed by atoms with Crippen LogP contribution < -0.4 is 5.32 Å². The van der Waals surface area contributed by atoms with E-state index in [2.05, 4.69) is 12.2 Å². The van der Waals surface area contributed by atoms with Crippen LogP contribution in [-0.4, -0.2) is 11.0 Å². The summed E-state index contributed by atoms with van der Waals surface area (Å²) in [7, 11) is 0. The van der Waals surface area contributed by atoms with Crippen molar-refractivity contribution in [3.63, 3.8) is 0 Å². The van der Waals surface area contributed by atoms with Crippen molar-refractivity contribution in [2.24, 2.45) is 5.92 Å². The smallest absolute Gasteiger partial charge is 0.292 e. The SMILES string of the molecule is CCCC1CCC(Nc2ccccc2[N+](=O)[O-])CC1. The Morgan fingerprint density at radius 2 is 1.95 bits per heavy atom. The van der Waals surface area contributed by atoms with Crippen molar-refractivity contribution >= 4 is 11.4 Å². The first kappa shape index (κ1) is 13.8. The van der Waals surface area contributed by atoms with Gasteiger partial charge in [-0.3, -0.25) is 10.1 Å². The number of nitro benzene ring substituents is 1. The molecule has 0 amide bonds. The lowest BCUT2D eigenvalue weighted by Gasteiger charge is -2.29. The van der Waals surface area contributed by atoms with Gasteiger partial charge in [0, 0.05) is 12.1 Å². The Hall–Kier alpha value is -1.58. The van der Waals surface area contributed by atoms with Gasteiger partial charge < -0.3 is 5.32 Å². The highest BCUT2D eigenvalue weighted by atomic mass is 16.6. The normalized spacial score (nSPS) is 23.0. The Labute approximate surface area is 114 Å². The number of para-hydroxylation sites is 2. The molecule has 0 heterocycles. The molecule has 1 fully saturated rings. The maximum absolute atomic E-state index is 11.0. The summed E-state index contributed by atoms with van der Waals surface area (Å²) in [6.07, 6.45) is 7.30. The summed E-state index contributed by atoms with van der Waals surface area (Å²) >= 11 is 0. The first-order chi connectivity index (χ1) is 9.20. The summed E-state index contributed by atoms with van der Waals surface area (Å²) in [4.78, 5) is 10.7. The molecule has 1 saturated carbocycles. The van der Waals surface area contributed by atoms with Crippen molar-refractivity contribution in [2.75, 3.05) is 5.32 Å². The van der Waals surface area contributed by atoms with E-state index in [-0.39, 0.29) is 10.6 Å². The minimum atomic E-state index is -0.314.